The molecular formula is C17H17Cl2N5O2. The maximum absolute atomic E-state index is 12.3. The SMILES string of the molecule is O=C(Nc1c(Cl)cc(NC(=O)C2CCNCC2)cc1Cl)c1cnccn1. The molecule has 7 nitrogen and oxygen atoms in total. The molecule has 26 heavy (non-hydrogen) atoms. The molecule has 0 atom stereocenters. The number of hydrogen-bond donors (Lipinski definition) is 3. The van der Waals surface area contributed by atoms with Crippen LogP contribution in [-0.4, -0.2) is 34.9 Å². The second-order valence-corrected chi connectivity index (χ2v) is 6.69. The fourth-order valence-electron chi connectivity index (χ4n) is 2.69. The van der Waals surface area contributed by atoms with E-state index in [1.807, 2.05) is 0 Å². The number of nitrogens with one attached hydrogen (secondary N) is 3. The average molecular weight is 394 g/mol. The summed E-state index contributed by atoms with van der Waals surface area (Å²) in [4.78, 5) is 32.3. The number of anilines is 2. The Morgan fingerprint density at radius 1 is 1.08 bits per heavy atom. The number of benzene rings is 1. The topological polar surface area (TPSA) is 96.0 Å². The van der Waals surface area contributed by atoms with Crippen molar-refractivity contribution in [1.82, 2.24) is 15.3 Å². The molecule has 0 spiro atoms. The van der Waals surface area contributed by atoms with Crippen molar-refractivity contribution in [3.8, 4) is 0 Å². The third kappa shape index (κ3) is 4.49. The molecule has 3 N–H and O–H groups in total. The first-order valence-corrected chi connectivity index (χ1v) is 8.88. The molecule has 136 valence electrons. The van der Waals surface area contributed by atoms with Crippen LogP contribution in [0.1, 0.15) is 23.3 Å². The van der Waals surface area contributed by atoms with E-state index in [2.05, 4.69) is 25.9 Å². The summed E-state index contributed by atoms with van der Waals surface area (Å²) in [6, 6.07) is 3.11. The van der Waals surface area contributed by atoms with Gasteiger partial charge in [-0.15, -0.1) is 0 Å². The third-order valence-corrected chi connectivity index (χ3v) is 4.65. The zero-order valence-electron chi connectivity index (χ0n) is 13.8. The summed E-state index contributed by atoms with van der Waals surface area (Å²) in [5.41, 5.74) is 0.882. The van der Waals surface area contributed by atoms with Gasteiger partial charge in [0, 0.05) is 24.0 Å². The van der Waals surface area contributed by atoms with Crippen molar-refractivity contribution in [2.45, 2.75) is 12.8 Å². The number of aromatic nitrogens is 2. The monoisotopic (exact) mass is 393 g/mol. The lowest BCUT2D eigenvalue weighted by Gasteiger charge is -2.22. The molecule has 2 heterocycles. The highest BCUT2D eigenvalue weighted by molar-refractivity contribution is 6.40. The van der Waals surface area contributed by atoms with Gasteiger partial charge in [0.2, 0.25) is 5.91 Å². The zero-order chi connectivity index (χ0) is 18.5. The number of carbonyl (C=O) groups excluding carboxylic acids is 2. The maximum atomic E-state index is 12.3. The van der Waals surface area contributed by atoms with Gasteiger partial charge in [0.25, 0.3) is 5.91 Å². The normalized spacial score (nSPS) is 14.7. The van der Waals surface area contributed by atoms with E-state index < -0.39 is 5.91 Å². The molecule has 0 saturated carbocycles. The Labute approximate surface area is 160 Å². The number of piperidine rings is 1. The van der Waals surface area contributed by atoms with Gasteiger partial charge in [-0.05, 0) is 38.1 Å². The zero-order valence-corrected chi connectivity index (χ0v) is 15.3. The summed E-state index contributed by atoms with van der Waals surface area (Å²) in [5, 5.41) is 9.10. The van der Waals surface area contributed by atoms with Gasteiger partial charge in [-0.3, -0.25) is 14.6 Å². The Hall–Kier alpha value is -2.22. The van der Waals surface area contributed by atoms with Crippen LogP contribution in [0.5, 0.6) is 0 Å². The Bertz CT molecular complexity index is 787. The molecule has 1 aromatic carbocycles. The Morgan fingerprint density at radius 2 is 1.77 bits per heavy atom. The van der Waals surface area contributed by atoms with Crippen LogP contribution in [-0.2, 0) is 4.79 Å². The molecule has 1 fully saturated rings. The molecule has 9 heteroatoms. The Morgan fingerprint density at radius 3 is 2.38 bits per heavy atom. The lowest BCUT2D eigenvalue weighted by Crippen LogP contribution is -2.34. The van der Waals surface area contributed by atoms with Crippen molar-refractivity contribution in [1.29, 1.82) is 0 Å². The summed E-state index contributed by atoms with van der Waals surface area (Å²) in [6.45, 7) is 1.65. The molecule has 1 aliphatic rings. The number of halogens is 2. The van der Waals surface area contributed by atoms with Crippen molar-refractivity contribution in [2.75, 3.05) is 23.7 Å². The highest BCUT2D eigenvalue weighted by Gasteiger charge is 2.22. The lowest BCUT2D eigenvalue weighted by atomic mass is 9.97. The van der Waals surface area contributed by atoms with Gasteiger partial charge in [0.1, 0.15) is 5.69 Å². The van der Waals surface area contributed by atoms with Gasteiger partial charge < -0.3 is 16.0 Å². The van der Waals surface area contributed by atoms with Crippen LogP contribution in [0, 0.1) is 5.92 Å². The van der Waals surface area contributed by atoms with Gasteiger partial charge in [-0.2, -0.15) is 0 Å². The molecule has 1 saturated heterocycles. The van der Waals surface area contributed by atoms with Gasteiger partial charge in [-0.25, -0.2) is 4.98 Å². The van der Waals surface area contributed by atoms with Crippen LogP contribution >= 0.6 is 23.2 Å². The fraction of sp³-hybridized carbons (Fsp3) is 0.294. The van der Waals surface area contributed by atoms with Gasteiger partial charge in [-0.1, -0.05) is 23.2 Å². The largest absolute Gasteiger partial charge is 0.326 e. The number of hydrogen-bond acceptors (Lipinski definition) is 5. The number of carbonyl (C=O) groups is 2. The molecule has 2 aromatic rings. The third-order valence-electron chi connectivity index (χ3n) is 4.05. The van der Waals surface area contributed by atoms with Crippen LogP contribution in [0.2, 0.25) is 10.0 Å². The molecule has 0 radical (unpaired) electrons. The Balaban J connectivity index is 1.71. The predicted octanol–water partition coefficient (Wildman–Crippen LogP) is 2.97. The van der Waals surface area contributed by atoms with E-state index in [0.717, 1.165) is 25.9 Å². The number of rotatable bonds is 4. The van der Waals surface area contributed by atoms with Gasteiger partial charge in [0.15, 0.2) is 0 Å². The summed E-state index contributed by atoms with van der Waals surface area (Å²) in [6.07, 6.45) is 5.80. The Kier molecular flexibility index (Phi) is 6.03. The highest BCUT2D eigenvalue weighted by Crippen LogP contribution is 2.34. The van der Waals surface area contributed by atoms with Gasteiger partial charge >= 0.3 is 0 Å². The maximum Gasteiger partial charge on any atom is 0.275 e. The molecule has 3 rings (SSSR count). The predicted molar refractivity (Wildman–Crippen MR) is 101 cm³/mol. The summed E-state index contributed by atoms with van der Waals surface area (Å²) in [7, 11) is 0. The van der Waals surface area contributed by atoms with Crippen LogP contribution < -0.4 is 16.0 Å². The minimum atomic E-state index is -0.478. The van der Waals surface area contributed by atoms with E-state index in [1.54, 1.807) is 12.1 Å². The van der Waals surface area contributed by atoms with Crippen LogP contribution in [0.25, 0.3) is 0 Å². The summed E-state index contributed by atoms with van der Waals surface area (Å²) >= 11 is 12.5. The van der Waals surface area contributed by atoms with E-state index in [0.29, 0.717) is 5.69 Å². The molecule has 2 amide bonds. The molecular weight excluding hydrogens is 377 g/mol. The van der Waals surface area contributed by atoms with Crippen molar-refractivity contribution in [2.24, 2.45) is 5.92 Å². The van der Waals surface area contributed by atoms with E-state index in [9.17, 15) is 9.59 Å². The minimum Gasteiger partial charge on any atom is -0.326 e. The standard InChI is InChI=1S/C17H17Cl2N5O2/c18-12-7-11(23-16(25)10-1-3-20-4-2-10)8-13(19)15(12)24-17(26)14-9-21-5-6-22-14/h5-10,20H,1-4H2,(H,23,25)(H,24,26). The summed E-state index contributed by atoms with van der Waals surface area (Å²) in [5.74, 6) is -0.576. The first kappa shape index (κ1) is 18.6. The molecule has 0 bridgehead atoms. The molecule has 1 aliphatic heterocycles. The fourth-order valence-corrected chi connectivity index (χ4v) is 3.27. The van der Waals surface area contributed by atoms with Crippen molar-refractivity contribution >= 4 is 46.4 Å². The van der Waals surface area contributed by atoms with Crippen molar-refractivity contribution < 1.29 is 9.59 Å². The van der Waals surface area contributed by atoms with E-state index in [1.165, 1.54) is 18.6 Å². The van der Waals surface area contributed by atoms with E-state index in [4.69, 9.17) is 23.2 Å². The minimum absolute atomic E-state index is 0.0372. The molecule has 1 aromatic heterocycles. The van der Waals surface area contributed by atoms with Gasteiger partial charge in [0.05, 0.1) is 21.9 Å². The molecule has 0 unspecified atom stereocenters. The number of nitrogens with zero attached hydrogens (tertiary/aromatic N) is 2. The average Bonchev–Trinajstić information content (AvgIpc) is 2.66. The van der Waals surface area contributed by atoms with Crippen LogP contribution in [0.3, 0.4) is 0 Å². The second kappa shape index (κ2) is 8.44. The van der Waals surface area contributed by atoms with Crippen molar-refractivity contribution in [3.05, 3.63) is 46.5 Å². The van der Waals surface area contributed by atoms with Crippen LogP contribution in [0.4, 0.5) is 11.4 Å². The lowest BCUT2D eigenvalue weighted by molar-refractivity contribution is -0.120. The van der Waals surface area contributed by atoms with E-state index >= 15 is 0 Å². The quantitative estimate of drug-likeness (QED) is 0.741. The van der Waals surface area contributed by atoms with Crippen molar-refractivity contribution in [3.63, 3.8) is 0 Å². The summed E-state index contributed by atoms with van der Waals surface area (Å²) < 4.78 is 0. The first-order valence-electron chi connectivity index (χ1n) is 8.12. The highest BCUT2D eigenvalue weighted by atomic mass is 35.5. The number of amides is 2. The first-order chi connectivity index (χ1) is 12.5. The van der Waals surface area contributed by atoms with Crippen LogP contribution in [0.15, 0.2) is 30.7 Å². The van der Waals surface area contributed by atoms with E-state index in [-0.39, 0.29) is 33.3 Å². The molecule has 0 aliphatic carbocycles. The smallest absolute Gasteiger partial charge is 0.275 e. The second-order valence-electron chi connectivity index (χ2n) is 5.87.